The molecule has 120 valence electrons. The van der Waals surface area contributed by atoms with E-state index in [2.05, 4.69) is 5.32 Å². The average molecular weight is 296 g/mol. The highest BCUT2D eigenvalue weighted by Crippen LogP contribution is 2.32. The van der Waals surface area contributed by atoms with Gasteiger partial charge in [0.25, 0.3) is 0 Å². The van der Waals surface area contributed by atoms with E-state index in [1.165, 1.54) is 0 Å². The van der Waals surface area contributed by atoms with E-state index in [0.717, 1.165) is 45.2 Å². The molecule has 1 aliphatic heterocycles. The van der Waals surface area contributed by atoms with Crippen LogP contribution in [0.1, 0.15) is 46.0 Å². The molecule has 1 aliphatic carbocycles. The summed E-state index contributed by atoms with van der Waals surface area (Å²) in [7, 11) is 0. The summed E-state index contributed by atoms with van der Waals surface area (Å²) < 4.78 is 5.44. The first-order valence-electron chi connectivity index (χ1n) is 8.26. The van der Waals surface area contributed by atoms with Crippen LogP contribution in [-0.2, 0) is 14.3 Å². The van der Waals surface area contributed by atoms with Gasteiger partial charge < -0.3 is 15.0 Å². The Kier molecular flexibility index (Phi) is 6.03. The van der Waals surface area contributed by atoms with Crippen molar-refractivity contribution >= 4 is 11.8 Å². The van der Waals surface area contributed by atoms with E-state index in [4.69, 9.17) is 4.74 Å². The number of hydrogen-bond donors (Lipinski definition) is 1. The maximum Gasteiger partial charge on any atom is 0.225 e. The number of rotatable bonds is 7. The van der Waals surface area contributed by atoms with Gasteiger partial charge in [-0.15, -0.1) is 0 Å². The van der Waals surface area contributed by atoms with Gasteiger partial charge in [-0.2, -0.15) is 0 Å². The molecular weight excluding hydrogens is 268 g/mol. The fraction of sp³-hybridized carbons (Fsp3) is 0.875. The Morgan fingerprint density at radius 1 is 1.14 bits per heavy atom. The molecule has 5 heteroatoms. The van der Waals surface area contributed by atoms with E-state index in [-0.39, 0.29) is 23.8 Å². The van der Waals surface area contributed by atoms with Crippen LogP contribution in [-0.4, -0.2) is 49.1 Å². The van der Waals surface area contributed by atoms with E-state index < -0.39 is 0 Å². The van der Waals surface area contributed by atoms with Gasteiger partial charge in [0.15, 0.2) is 0 Å². The maximum atomic E-state index is 12.1. The zero-order valence-corrected chi connectivity index (χ0v) is 13.3. The summed E-state index contributed by atoms with van der Waals surface area (Å²) in [6.07, 6.45) is 4.80. The lowest BCUT2D eigenvalue weighted by Crippen LogP contribution is -2.43. The number of piperidine rings is 1. The summed E-state index contributed by atoms with van der Waals surface area (Å²) in [6.45, 7) is 6.86. The molecule has 0 atom stereocenters. The Morgan fingerprint density at radius 3 is 2.38 bits per heavy atom. The molecule has 1 saturated carbocycles. The van der Waals surface area contributed by atoms with Crippen molar-refractivity contribution in [1.82, 2.24) is 10.2 Å². The molecule has 0 radical (unpaired) electrons. The number of ether oxygens (including phenoxy) is 1. The van der Waals surface area contributed by atoms with Crippen LogP contribution >= 0.6 is 0 Å². The first-order valence-corrected chi connectivity index (χ1v) is 8.26. The van der Waals surface area contributed by atoms with Gasteiger partial charge in [-0.25, -0.2) is 0 Å². The topological polar surface area (TPSA) is 58.6 Å². The molecular formula is C16H28N2O3. The number of carbonyl (C=O) groups excluding carboxylic acids is 2. The predicted octanol–water partition coefficient (Wildman–Crippen LogP) is 1.57. The lowest BCUT2D eigenvalue weighted by Gasteiger charge is -2.31. The smallest absolute Gasteiger partial charge is 0.225 e. The van der Waals surface area contributed by atoms with E-state index in [1.807, 2.05) is 18.7 Å². The minimum atomic E-state index is 0.0688. The highest BCUT2D eigenvalue weighted by atomic mass is 16.5. The number of hydrogen-bond acceptors (Lipinski definition) is 3. The van der Waals surface area contributed by atoms with Crippen LogP contribution in [0.15, 0.2) is 0 Å². The van der Waals surface area contributed by atoms with Crippen molar-refractivity contribution in [2.75, 3.05) is 26.2 Å². The van der Waals surface area contributed by atoms with E-state index in [0.29, 0.717) is 19.1 Å². The Bertz CT molecular complexity index is 359. The second kappa shape index (κ2) is 7.78. The summed E-state index contributed by atoms with van der Waals surface area (Å²) >= 11 is 0. The Morgan fingerprint density at radius 2 is 1.81 bits per heavy atom. The summed E-state index contributed by atoms with van der Waals surface area (Å²) in [5.41, 5.74) is 0. The zero-order chi connectivity index (χ0) is 15.2. The quantitative estimate of drug-likeness (QED) is 0.725. The maximum absolute atomic E-state index is 12.1. The second-order valence-electron chi connectivity index (χ2n) is 6.44. The van der Waals surface area contributed by atoms with Crippen LogP contribution in [0.4, 0.5) is 0 Å². The molecule has 0 unspecified atom stereocenters. The van der Waals surface area contributed by atoms with Gasteiger partial charge in [0.1, 0.15) is 0 Å². The molecule has 0 aromatic rings. The number of carbonyl (C=O) groups is 2. The van der Waals surface area contributed by atoms with Gasteiger partial charge in [-0.3, -0.25) is 9.59 Å². The van der Waals surface area contributed by atoms with Crippen molar-refractivity contribution in [2.24, 2.45) is 11.8 Å². The third kappa shape index (κ3) is 5.30. The van der Waals surface area contributed by atoms with E-state index >= 15 is 0 Å². The first kappa shape index (κ1) is 16.3. The van der Waals surface area contributed by atoms with Crippen LogP contribution < -0.4 is 5.32 Å². The van der Waals surface area contributed by atoms with E-state index in [1.54, 1.807) is 0 Å². The SMILES string of the molecule is CC(C)OCCCNC(=O)C1CCN(C(=O)C2CC2)CC1. The highest BCUT2D eigenvalue weighted by molar-refractivity contribution is 5.82. The highest BCUT2D eigenvalue weighted by Gasteiger charge is 2.35. The molecule has 2 amide bonds. The van der Waals surface area contributed by atoms with Gasteiger partial charge in [0, 0.05) is 38.1 Å². The molecule has 1 saturated heterocycles. The van der Waals surface area contributed by atoms with Crippen LogP contribution in [0, 0.1) is 11.8 Å². The molecule has 0 bridgehead atoms. The minimum Gasteiger partial charge on any atom is -0.379 e. The monoisotopic (exact) mass is 296 g/mol. The van der Waals surface area contributed by atoms with Crippen LogP contribution in [0.2, 0.25) is 0 Å². The molecule has 5 nitrogen and oxygen atoms in total. The summed E-state index contributed by atoms with van der Waals surface area (Å²) in [5.74, 6) is 0.799. The number of amides is 2. The molecule has 0 spiro atoms. The second-order valence-corrected chi connectivity index (χ2v) is 6.44. The Balaban J connectivity index is 1.58. The van der Waals surface area contributed by atoms with Crippen LogP contribution in [0.5, 0.6) is 0 Å². The largest absolute Gasteiger partial charge is 0.379 e. The minimum absolute atomic E-state index is 0.0688. The lowest BCUT2D eigenvalue weighted by atomic mass is 9.95. The Labute approximate surface area is 127 Å². The molecule has 2 fully saturated rings. The third-order valence-corrected chi connectivity index (χ3v) is 4.18. The van der Waals surface area contributed by atoms with Crippen molar-refractivity contribution in [3.8, 4) is 0 Å². The zero-order valence-electron chi connectivity index (χ0n) is 13.3. The third-order valence-electron chi connectivity index (χ3n) is 4.18. The standard InChI is InChI=1S/C16H28N2O3/c1-12(2)21-11-3-8-17-15(19)13-6-9-18(10-7-13)16(20)14-4-5-14/h12-14H,3-11H2,1-2H3,(H,17,19). The summed E-state index contributed by atoms with van der Waals surface area (Å²) in [5, 5.41) is 2.98. The number of nitrogens with zero attached hydrogens (tertiary/aromatic N) is 1. The molecule has 0 aromatic heterocycles. The van der Waals surface area contributed by atoms with E-state index in [9.17, 15) is 9.59 Å². The van der Waals surface area contributed by atoms with Gasteiger partial charge in [-0.1, -0.05) is 0 Å². The van der Waals surface area contributed by atoms with Gasteiger partial charge in [0.2, 0.25) is 11.8 Å². The van der Waals surface area contributed by atoms with Crippen molar-refractivity contribution in [2.45, 2.75) is 52.1 Å². The van der Waals surface area contributed by atoms with Crippen molar-refractivity contribution < 1.29 is 14.3 Å². The number of nitrogens with one attached hydrogen (secondary N) is 1. The van der Waals surface area contributed by atoms with Crippen molar-refractivity contribution in [3.05, 3.63) is 0 Å². The van der Waals surface area contributed by atoms with Crippen molar-refractivity contribution in [3.63, 3.8) is 0 Å². The van der Waals surface area contributed by atoms with Crippen LogP contribution in [0.25, 0.3) is 0 Å². The molecule has 2 aliphatic rings. The summed E-state index contributed by atoms with van der Waals surface area (Å²) in [6, 6.07) is 0. The molecule has 2 rings (SSSR count). The first-order chi connectivity index (χ1) is 10.1. The molecule has 21 heavy (non-hydrogen) atoms. The lowest BCUT2D eigenvalue weighted by molar-refractivity contribution is -0.136. The normalized spacial score (nSPS) is 19.9. The fourth-order valence-electron chi connectivity index (χ4n) is 2.70. The molecule has 1 heterocycles. The van der Waals surface area contributed by atoms with Crippen LogP contribution in [0.3, 0.4) is 0 Å². The summed E-state index contributed by atoms with van der Waals surface area (Å²) in [4.78, 5) is 26.0. The Hall–Kier alpha value is -1.10. The van der Waals surface area contributed by atoms with Gasteiger partial charge in [0.05, 0.1) is 6.10 Å². The predicted molar refractivity (Wildman–Crippen MR) is 80.7 cm³/mol. The average Bonchev–Trinajstić information content (AvgIpc) is 3.30. The van der Waals surface area contributed by atoms with Gasteiger partial charge >= 0.3 is 0 Å². The number of likely N-dealkylation sites (tertiary alicyclic amines) is 1. The van der Waals surface area contributed by atoms with Gasteiger partial charge in [-0.05, 0) is 46.0 Å². The molecule has 1 N–H and O–H groups in total. The van der Waals surface area contributed by atoms with Crippen molar-refractivity contribution in [1.29, 1.82) is 0 Å². The molecule has 0 aromatic carbocycles. The fourth-order valence-corrected chi connectivity index (χ4v) is 2.70.